The number of hydrogen-bond acceptors (Lipinski definition) is 4. The molecule has 5 heteroatoms. The normalized spacial score (nSPS) is 8.38. The van der Waals surface area contributed by atoms with Crippen LogP contribution in [0, 0.1) is 23.2 Å². The van der Waals surface area contributed by atoms with Gasteiger partial charge in [-0.2, -0.15) is 5.26 Å². The molecule has 1 heterocycles. The Bertz CT molecular complexity index is 394. The first-order valence-electron chi connectivity index (χ1n) is 3.48. The van der Waals surface area contributed by atoms with Crippen molar-refractivity contribution < 1.29 is 0 Å². The van der Waals surface area contributed by atoms with Gasteiger partial charge in [0.15, 0.2) is 10.3 Å². The van der Waals surface area contributed by atoms with E-state index in [4.69, 9.17) is 16.9 Å². The molecular formula is C8H6ClN3S. The van der Waals surface area contributed by atoms with Crippen molar-refractivity contribution in [1.82, 2.24) is 4.98 Å². The summed E-state index contributed by atoms with van der Waals surface area (Å²) in [6.07, 6.45) is 0. The molecule has 1 aromatic heterocycles. The van der Waals surface area contributed by atoms with E-state index >= 15 is 0 Å². The summed E-state index contributed by atoms with van der Waals surface area (Å²) in [4.78, 5) is 4.36. The van der Waals surface area contributed by atoms with Crippen LogP contribution in [0.15, 0.2) is 0 Å². The Morgan fingerprint density at radius 2 is 2.46 bits per heavy atom. The van der Waals surface area contributed by atoms with Crippen LogP contribution >= 0.6 is 22.9 Å². The highest BCUT2D eigenvalue weighted by molar-refractivity contribution is 7.16. The number of halogens is 1. The second kappa shape index (κ2) is 4.71. The van der Waals surface area contributed by atoms with Crippen LogP contribution in [0.1, 0.15) is 11.8 Å². The van der Waals surface area contributed by atoms with Gasteiger partial charge >= 0.3 is 0 Å². The Balaban J connectivity index is 2.68. The van der Waals surface area contributed by atoms with Gasteiger partial charge in [0.1, 0.15) is 10.9 Å². The maximum absolute atomic E-state index is 8.58. The van der Waals surface area contributed by atoms with Crippen LogP contribution in [-0.2, 0) is 0 Å². The van der Waals surface area contributed by atoms with Gasteiger partial charge in [-0.15, -0.1) is 5.92 Å². The Morgan fingerprint density at radius 1 is 1.69 bits per heavy atom. The lowest BCUT2D eigenvalue weighted by Crippen LogP contribution is -1.97. The molecule has 0 fully saturated rings. The second-order valence-electron chi connectivity index (χ2n) is 2.03. The number of hydrogen-bond donors (Lipinski definition) is 1. The number of aromatic nitrogens is 1. The molecule has 0 aliphatic rings. The highest BCUT2D eigenvalue weighted by atomic mass is 35.5. The zero-order valence-electron chi connectivity index (χ0n) is 6.89. The van der Waals surface area contributed by atoms with E-state index in [0.29, 0.717) is 16.6 Å². The van der Waals surface area contributed by atoms with Crippen LogP contribution in [0.3, 0.4) is 0 Å². The Hall–Kier alpha value is -1.23. The lowest BCUT2D eigenvalue weighted by molar-refractivity contribution is 1.30. The summed E-state index contributed by atoms with van der Waals surface area (Å²) in [7, 11) is 0. The van der Waals surface area contributed by atoms with Gasteiger partial charge in [-0.3, -0.25) is 0 Å². The monoisotopic (exact) mass is 211 g/mol. The zero-order valence-corrected chi connectivity index (χ0v) is 8.46. The van der Waals surface area contributed by atoms with E-state index in [1.165, 1.54) is 11.3 Å². The molecule has 66 valence electrons. The molecule has 0 saturated heterocycles. The number of nitrogens with zero attached hydrogens (tertiary/aromatic N) is 2. The number of rotatable bonds is 2. The van der Waals surface area contributed by atoms with Crippen molar-refractivity contribution in [3.05, 3.63) is 10.0 Å². The minimum Gasteiger partial charge on any atom is -0.351 e. The van der Waals surface area contributed by atoms with Crippen molar-refractivity contribution in [3.63, 3.8) is 0 Å². The second-order valence-corrected chi connectivity index (χ2v) is 3.39. The first kappa shape index (κ1) is 9.85. The molecule has 0 aliphatic carbocycles. The van der Waals surface area contributed by atoms with Gasteiger partial charge in [-0.25, -0.2) is 4.98 Å². The third-order valence-electron chi connectivity index (χ3n) is 1.19. The molecule has 0 aromatic carbocycles. The van der Waals surface area contributed by atoms with E-state index in [2.05, 4.69) is 22.1 Å². The maximum atomic E-state index is 8.58. The lowest BCUT2D eigenvalue weighted by Gasteiger charge is -1.92. The molecule has 1 rings (SSSR count). The van der Waals surface area contributed by atoms with Crippen LogP contribution in [0.5, 0.6) is 0 Å². The third-order valence-corrected chi connectivity index (χ3v) is 2.50. The molecule has 0 amide bonds. The van der Waals surface area contributed by atoms with E-state index in [0.717, 1.165) is 0 Å². The summed E-state index contributed by atoms with van der Waals surface area (Å²) in [6.45, 7) is 2.28. The summed E-state index contributed by atoms with van der Waals surface area (Å²) < 4.78 is 0. The summed E-state index contributed by atoms with van der Waals surface area (Å²) in [6, 6.07) is 1.95. The van der Waals surface area contributed by atoms with Crippen LogP contribution in [0.25, 0.3) is 0 Å². The van der Waals surface area contributed by atoms with Crippen molar-refractivity contribution in [2.45, 2.75) is 6.92 Å². The van der Waals surface area contributed by atoms with Crippen molar-refractivity contribution in [2.75, 3.05) is 11.9 Å². The highest BCUT2D eigenvalue weighted by Gasteiger charge is 2.06. The van der Waals surface area contributed by atoms with E-state index in [1.807, 2.05) is 6.07 Å². The lowest BCUT2D eigenvalue weighted by atomic mass is 10.6. The molecule has 0 spiro atoms. The standard InChI is InChI=1S/C8H6ClN3S/c1-2-3-4-11-8-12-7(9)6(5-10)13-8/h4H2,1H3,(H,11,12). The minimum atomic E-state index is 0.249. The van der Waals surface area contributed by atoms with E-state index in [-0.39, 0.29) is 5.15 Å². The first-order chi connectivity index (χ1) is 6.27. The van der Waals surface area contributed by atoms with Crippen molar-refractivity contribution in [1.29, 1.82) is 5.26 Å². The summed E-state index contributed by atoms with van der Waals surface area (Å²) in [5.41, 5.74) is 0. The predicted molar refractivity (Wildman–Crippen MR) is 53.8 cm³/mol. The molecule has 0 unspecified atom stereocenters. The number of nitriles is 1. The maximum Gasteiger partial charge on any atom is 0.186 e. The Labute approximate surface area is 85.4 Å². The van der Waals surface area contributed by atoms with Crippen LogP contribution in [0.2, 0.25) is 5.15 Å². The molecule has 0 bridgehead atoms. The zero-order chi connectivity index (χ0) is 9.68. The summed E-state index contributed by atoms with van der Waals surface area (Å²) in [5.74, 6) is 5.56. The molecular weight excluding hydrogens is 206 g/mol. The third kappa shape index (κ3) is 2.62. The highest BCUT2D eigenvalue weighted by Crippen LogP contribution is 2.25. The van der Waals surface area contributed by atoms with Gasteiger partial charge in [0.05, 0.1) is 6.54 Å². The Kier molecular flexibility index (Phi) is 3.57. The molecule has 1 N–H and O–H groups in total. The van der Waals surface area contributed by atoms with Crippen molar-refractivity contribution in [2.24, 2.45) is 0 Å². The van der Waals surface area contributed by atoms with Gasteiger partial charge in [0.25, 0.3) is 0 Å². The van der Waals surface area contributed by atoms with Gasteiger partial charge in [-0.1, -0.05) is 28.9 Å². The molecule has 13 heavy (non-hydrogen) atoms. The van der Waals surface area contributed by atoms with Gasteiger partial charge < -0.3 is 5.32 Å². The molecule has 1 aromatic rings. The molecule has 3 nitrogen and oxygen atoms in total. The largest absolute Gasteiger partial charge is 0.351 e. The van der Waals surface area contributed by atoms with Crippen molar-refractivity contribution >= 4 is 28.1 Å². The fourth-order valence-electron chi connectivity index (χ4n) is 0.654. The predicted octanol–water partition coefficient (Wildman–Crippen LogP) is 2.10. The average molecular weight is 212 g/mol. The van der Waals surface area contributed by atoms with E-state index < -0.39 is 0 Å². The quantitative estimate of drug-likeness (QED) is 0.763. The van der Waals surface area contributed by atoms with Gasteiger partial charge in [0, 0.05) is 0 Å². The number of anilines is 1. The molecule has 0 atom stereocenters. The smallest absolute Gasteiger partial charge is 0.186 e. The van der Waals surface area contributed by atoms with Crippen molar-refractivity contribution in [3.8, 4) is 17.9 Å². The van der Waals surface area contributed by atoms with E-state index in [1.54, 1.807) is 6.92 Å². The minimum absolute atomic E-state index is 0.249. The van der Waals surface area contributed by atoms with Gasteiger partial charge in [-0.05, 0) is 6.92 Å². The molecule has 0 saturated carbocycles. The number of nitrogens with one attached hydrogen (secondary N) is 1. The Morgan fingerprint density at radius 3 is 3.00 bits per heavy atom. The fraction of sp³-hybridized carbons (Fsp3) is 0.250. The summed E-state index contributed by atoms with van der Waals surface area (Å²) >= 11 is 6.89. The van der Waals surface area contributed by atoms with Crippen LogP contribution in [0.4, 0.5) is 5.13 Å². The SMILES string of the molecule is CC#CCNc1nc(Cl)c(C#N)s1. The summed E-state index contributed by atoms with van der Waals surface area (Å²) in [5, 5.41) is 12.4. The molecule has 0 radical (unpaired) electrons. The number of thiazole rings is 1. The average Bonchev–Trinajstić information content (AvgIpc) is 2.47. The van der Waals surface area contributed by atoms with Crippen LogP contribution < -0.4 is 5.32 Å². The molecule has 0 aliphatic heterocycles. The first-order valence-corrected chi connectivity index (χ1v) is 4.67. The fourth-order valence-corrected chi connectivity index (χ4v) is 1.60. The van der Waals surface area contributed by atoms with Gasteiger partial charge in [0.2, 0.25) is 0 Å². The van der Waals surface area contributed by atoms with E-state index in [9.17, 15) is 0 Å². The van der Waals surface area contributed by atoms with Crippen LogP contribution in [-0.4, -0.2) is 11.5 Å². The topological polar surface area (TPSA) is 48.7 Å².